The Balaban J connectivity index is 1.66. The summed E-state index contributed by atoms with van der Waals surface area (Å²) in [7, 11) is 0. The molecule has 1 aliphatic rings. The first kappa shape index (κ1) is 15.7. The van der Waals surface area contributed by atoms with Crippen LogP contribution in [-0.4, -0.2) is 17.8 Å². The lowest BCUT2D eigenvalue weighted by Gasteiger charge is -2.20. The van der Waals surface area contributed by atoms with E-state index in [1.54, 1.807) is 12.1 Å². The second kappa shape index (κ2) is 6.95. The van der Waals surface area contributed by atoms with Crippen molar-refractivity contribution in [1.29, 1.82) is 0 Å². The number of carbonyl (C=O) groups excluding carboxylic acids is 3. The number of hydrogen-bond acceptors (Lipinski definition) is 4. The van der Waals surface area contributed by atoms with Gasteiger partial charge in [0.1, 0.15) is 18.3 Å². The maximum atomic E-state index is 11.8. The van der Waals surface area contributed by atoms with E-state index in [4.69, 9.17) is 4.74 Å². The smallest absolute Gasteiger partial charge is 0.328 e. The van der Waals surface area contributed by atoms with E-state index in [1.165, 1.54) is 0 Å². The van der Waals surface area contributed by atoms with Crippen molar-refractivity contribution in [3.8, 4) is 5.75 Å². The summed E-state index contributed by atoms with van der Waals surface area (Å²) in [4.78, 5) is 34.7. The predicted molar refractivity (Wildman–Crippen MR) is 86.1 cm³/mol. The fourth-order valence-electron chi connectivity index (χ4n) is 2.47. The van der Waals surface area contributed by atoms with Gasteiger partial charge in [0.2, 0.25) is 11.8 Å². The van der Waals surface area contributed by atoms with Crippen molar-refractivity contribution in [2.24, 2.45) is 5.92 Å². The highest BCUT2D eigenvalue weighted by atomic mass is 16.5. The molecule has 2 aromatic rings. The van der Waals surface area contributed by atoms with Crippen molar-refractivity contribution < 1.29 is 19.1 Å². The van der Waals surface area contributed by atoms with Gasteiger partial charge in [0, 0.05) is 0 Å². The molecule has 0 bridgehead atoms. The first-order chi connectivity index (χ1) is 11.6. The molecule has 2 aromatic carbocycles. The van der Waals surface area contributed by atoms with Crippen LogP contribution in [0.25, 0.3) is 0 Å². The van der Waals surface area contributed by atoms with Gasteiger partial charge in [-0.2, -0.15) is 0 Å². The average Bonchev–Trinajstić information content (AvgIpc) is 2.58. The van der Waals surface area contributed by atoms with Gasteiger partial charge in [-0.05, 0) is 29.7 Å². The van der Waals surface area contributed by atoms with E-state index in [-0.39, 0.29) is 6.42 Å². The van der Waals surface area contributed by atoms with Crippen LogP contribution < -0.4 is 15.4 Å². The van der Waals surface area contributed by atoms with Crippen LogP contribution >= 0.6 is 0 Å². The number of imide groups is 2. The van der Waals surface area contributed by atoms with Crippen LogP contribution in [-0.2, 0) is 22.6 Å². The number of rotatable bonds is 5. The van der Waals surface area contributed by atoms with Crippen molar-refractivity contribution in [2.75, 3.05) is 0 Å². The van der Waals surface area contributed by atoms with Gasteiger partial charge < -0.3 is 4.74 Å². The molecule has 0 radical (unpaired) electrons. The number of nitrogens with one attached hydrogen (secondary N) is 2. The molecule has 24 heavy (non-hydrogen) atoms. The van der Waals surface area contributed by atoms with Gasteiger partial charge >= 0.3 is 6.03 Å². The van der Waals surface area contributed by atoms with Gasteiger partial charge in [-0.1, -0.05) is 42.5 Å². The second-order valence-electron chi connectivity index (χ2n) is 5.49. The molecule has 122 valence electrons. The van der Waals surface area contributed by atoms with Crippen molar-refractivity contribution in [3.63, 3.8) is 0 Å². The standard InChI is InChI=1S/C18H16N2O4/c21-16-15(17(22)20-18(23)19-16)10-13-7-4-8-14(9-13)24-11-12-5-2-1-3-6-12/h1-9,15H,10-11H2,(H2,19,20,21,22,23). The Hall–Kier alpha value is -3.15. The highest BCUT2D eigenvalue weighted by molar-refractivity contribution is 6.16. The van der Waals surface area contributed by atoms with Crippen molar-refractivity contribution in [3.05, 3.63) is 65.7 Å². The Labute approximate surface area is 138 Å². The van der Waals surface area contributed by atoms with Gasteiger partial charge in [-0.3, -0.25) is 20.2 Å². The molecule has 0 saturated carbocycles. The number of barbiturate groups is 1. The van der Waals surface area contributed by atoms with Crippen LogP contribution in [0.2, 0.25) is 0 Å². The summed E-state index contributed by atoms with van der Waals surface area (Å²) in [5.41, 5.74) is 1.83. The van der Waals surface area contributed by atoms with Crippen LogP contribution in [0.5, 0.6) is 5.75 Å². The third-order valence-electron chi connectivity index (χ3n) is 3.69. The number of carbonyl (C=O) groups is 3. The Kier molecular flexibility index (Phi) is 4.56. The normalized spacial score (nSPS) is 14.9. The predicted octanol–water partition coefficient (Wildman–Crippen LogP) is 1.79. The summed E-state index contributed by atoms with van der Waals surface area (Å²) in [6, 6.07) is 16.2. The topological polar surface area (TPSA) is 84.5 Å². The first-order valence-electron chi connectivity index (χ1n) is 7.53. The second-order valence-corrected chi connectivity index (χ2v) is 5.49. The number of hydrogen-bond donors (Lipinski definition) is 2. The van der Waals surface area contributed by atoms with E-state index in [0.29, 0.717) is 12.4 Å². The summed E-state index contributed by atoms with van der Waals surface area (Å²) >= 11 is 0. The minimum atomic E-state index is -0.924. The zero-order valence-corrected chi connectivity index (χ0v) is 12.8. The third-order valence-corrected chi connectivity index (χ3v) is 3.69. The largest absolute Gasteiger partial charge is 0.489 e. The molecule has 1 aliphatic heterocycles. The molecular formula is C18H16N2O4. The number of urea groups is 1. The Morgan fingerprint density at radius 2 is 1.50 bits per heavy atom. The third kappa shape index (κ3) is 3.78. The molecule has 6 heteroatoms. The Bertz CT molecular complexity index is 754. The number of ether oxygens (including phenoxy) is 1. The van der Waals surface area contributed by atoms with Gasteiger partial charge in [0.15, 0.2) is 0 Å². The average molecular weight is 324 g/mol. The fraction of sp³-hybridized carbons (Fsp3) is 0.167. The highest BCUT2D eigenvalue weighted by Gasteiger charge is 2.34. The maximum Gasteiger partial charge on any atom is 0.328 e. The van der Waals surface area contributed by atoms with Gasteiger partial charge in [-0.15, -0.1) is 0 Å². The zero-order valence-electron chi connectivity index (χ0n) is 12.8. The van der Waals surface area contributed by atoms with Crippen molar-refractivity contribution in [1.82, 2.24) is 10.6 Å². The van der Waals surface area contributed by atoms with E-state index in [9.17, 15) is 14.4 Å². The highest BCUT2D eigenvalue weighted by Crippen LogP contribution is 2.19. The molecule has 0 atom stereocenters. The van der Waals surface area contributed by atoms with Crippen molar-refractivity contribution >= 4 is 17.8 Å². The van der Waals surface area contributed by atoms with E-state index in [0.717, 1.165) is 11.1 Å². The lowest BCUT2D eigenvalue weighted by molar-refractivity contribution is -0.135. The SMILES string of the molecule is O=C1NC(=O)C(Cc2cccc(OCc3ccccc3)c2)C(=O)N1. The maximum absolute atomic E-state index is 11.8. The van der Waals surface area contributed by atoms with E-state index >= 15 is 0 Å². The molecule has 1 heterocycles. The number of amides is 4. The van der Waals surface area contributed by atoms with Gasteiger partial charge in [0.25, 0.3) is 0 Å². The van der Waals surface area contributed by atoms with E-state index < -0.39 is 23.8 Å². The van der Waals surface area contributed by atoms with Crippen LogP contribution in [0.15, 0.2) is 54.6 Å². The summed E-state index contributed by atoms with van der Waals surface area (Å²) in [5.74, 6) is -1.44. The minimum Gasteiger partial charge on any atom is -0.489 e. The Morgan fingerprint density at radius 3 is 2.21 bits per heavy atom. The molecule has 0 spiro atoms. The lowest BCUT2D eigenvalue weighted by atomic mass is 9.96. The fourth-order valence-corrected chi connectivity index (χ4v) is 2.47. The van der Waals surface area contributed by atoms with Crippen LogP contribution in [0.4, 0.5) is 4.79 Å². The molecule has 2 N–H and O–H groups in total. The van der Waals surface area contributed by atoms with E-state index in [1.807, 2.05) is 42.5 Å². The zero-order chi connectivity index (χ0) is 16.9. The molecule has 3 rings (SSSR count). The molecule has 0 aromatic heterocycles. The summed E-state index contributed by atoms with van der Waals surface area (Å²) in [5, 5.41) is 4.20. The van der Waals surface area contributed by atoms with Crippen molar-refractivity contribution in [2.45, 2.75) is 13.0 Å². The monoisotopic (exact) mass is 324 g/mol. The summed E-state index contributed by atoms with van der Waals surface area (Å²) in [6.45, 7) is 0.434. The molecule has 0 unspecified atom stereocenters. The molecule has 4 amide bonds. The Morgan fingerprint density at radius 1 is 0.833 bits per heavy atom. The quantitative estimate of drug-likeness (QED) is 0.821. The molecular weight excluding hydrogens is 308 g/mol. The van der Waals surface area contributed by atoms with Crippen LogP contribution in [0, 0.1) is 5.92 Å². The number of benzene rings is 2. The van der Waals surface area contributed by atoms with Crippen LogP contribution in [0.3, 0.4) is 0 Å². The summed E-state index contributed by atoms with van der Waals surface area (Å²) in [6.07, 6.45) is 0.202. The van der Waals surface area contributed by atoms with Gasteiger partial charge in [-0.25, -0.2) is 4.79 Å². The lowest BCUT2D eigenvalue weighted by Crippen LogP contribution is -2.56. The van der Waals surface area contributed by atoms with E-state index in [2.05, 4.69) is 10.6 Å². The van der Waals surface area contributed by atoms with Crippen LogP contribution in [0.1, 0.15) is 11.1 Å². The summed E-state index contributed by atoms with van der Waals surface area (Å²) < 4.78 is 5.74. The minimum absolute atomic E-state index is 0.202. The first-order valence-corrected chi connectivity index (χ1v) is 7.53. The van der Waals surface area contributed by atoms with Gasteiger partial charge in [0.05, 0.1) is 0 Å². The molecule has 1 saturated heterocycles. The molecule has 6 nitrogen and oxygen atoms in total. The molecule has 1 fully saturated rings. The molecule has 0 aliphatic carbocycles.